The summed E-state index contributed by atoms with van der Waals surface area (Å²) in [6.07, 6.45) is -0.736. The maximum absolute atomic E-state index is 13.4. The van der Waals surface area contributed by atoms with Gasteiger partial charge in [0.1, 0.15) is 11.5 Å². The quantitative estimate of drug-likeness (QED) is 0.297. The molecule has 3 heterocycles. The van der Waals surface area contributed by atoms with Crippen LogP contribution in [0.4, 0.5) is 5.69 Å². The van der Waals surface area contributed by atoms with Gasteiger partial charge in [-0.25, -0.2) is 4.98 Å². The number of aliphatic hydroxyl groups excluding tert-OH is 1. The van der Waals surface area contributed by atoms with Crippen LogP contribution in [0.5, 0.6) is 11.5 Å². The minimum atomic E-state index is -0.736. The van der Waals surface area contributed by atoms with E-state index in [1.165, 1.54) is 0 Å². The van der Waals surface area contributed by atoms with Crippen LogP contribution >= 0.6 is 23.2 Å². The molecule has 11 heteroatoms. The summed E-state index contributed by atoms with van der Waals surface area (Å²) in [5, 5.41) is 14.8. The summed E-state index contributed by atoms with van der Waals surface area (Å²) in [7, 11) is 0. The fourth-order valence-electron chi connectivity index (χ4n) is 5.40. The van der Waals surface area contributed by atoms with Gasteiger partial charge < -0.3 is 24.8 Å². The van der Waals surface area contributed by atoms with Crippen molar-refractivity contribution in [1.82, 2.24) is 19.8 Å². The van der Waals surface area contributed by atoms with Crippen molar-refractivity contribution in [3.05, 3.63) is 88.2 Å². The van der Waals surface area contributed by atoms with Gasteiger partial charge >= 0.3 is 0 Å². The maximum Gasteiger partial charge on any atom is 0.271 e. The summed E-state index contributed by atoms with van der Waals surface area (Å²) < 4.78 is 13.0. The summed E-state index contributed by atoms with van der Waals surface area (Å²) in [5.74, 6) is 1.61. The molecular weight excluding hydrogens is 577 g/mol. The number of carbonyl (C=O) groups excluding carboxylic acids is 1. The summed E-state index contributed by atoms with van der Waals surface area (Å²) >= 11 is 12.6. The molecule has 1 fully saturated rings. The molecule has 6 rings (SSSR count). The van der Waals surface area contributed by atoms with Gasteiger partial charge in [0.05, 0.1) is 33.2 Å². The topological polar surface area (TPSA) is 92.1 Å². The average Bonchev–Trinajstić information content (AvgIpc) is 3.62. The van der Waals surface area contributed by atoms with Gasteiger partial charge in [0.15, 0.2) is 11.5 Å². The highest BCUT2D eigenvalue weighted by Gasteiger charge is 2.25. The molecule has 1 aromatic heterocycles. The molecule has 2 aliphatic rings. The fourth-order valence-corrected chi connectivity index (χ4v) is 5.82. The molecule has 218 valence electrons. The van der Waals surface area contributed by atoms with Crippen LogP contribution in [0.3, 0.4) is 0 Å². The van der Waals surface area contributed by atoms with Crippen molar-refractivity contribution >= 4 is 34.8 Å². The Hall–Kier alpha value is -3.76. The fraction of sp³-hybridized carbons (Fsp3) is 0.290. The summed E-state index contributed by atoms with van der Waals surface area (Å²) in [6.45, 7) is 5.63. The number of aliphatic hydroxyl groups is 1. The number of halogens is 2. The molecule has 1 amide bonds. The van der Waals surface area contributed by atoms with Crippen LogP contribution in [0.25, 0.3) is 17.1 Å². The Morgan fingerprint density at radius 2 is 1.76 bits per heavy atom. The molecule has 9 nitrogen and oxygen atoms in total. The zero-order valence-electron chi connectivity index (χ0n) is 23.1. The normalized spacial score (nSPS) is 15.6. The number of hydrogen-bond acceptors (Lipinski definition) is 7. The van der Waals surface area contributed by atoms with Crippen LogP contribution in [0.15, 0.2) is 66.7 Å². The predicted octanol–water partition coefficient (Wildman–Crippen LogP) is 4.80. The lowest BCUT2D eigenvalue weighted by molar-refractivity contribution is 0.0847. The maximum atomic E-state index is 13.4. The van der Waals surface area contributed by atoms with Crippen LogP contribution in [0, 0.1) is 6.92 Å². The first-order chi connectivity index (χ1) is 20.4. The van der Waals surface area contributed by atoms with Gasteiger partial charge in [-0.05, 0) is 31.2 Å². The minimum Gasteiger partial charge on any atom is -0.454 e. The van der Waals surface area contributed by atoms with Gasteiger partial charge in [-0.15, -0.1) is 0 Å². The second-order valence-electron chi connectivity index (χ2n) is 10.3. The first kappa shape index (κ1) is 28.4. The van der Waals surface area contributed by atoms with Crippen molar-refractivity contribution in [1.29, 1.82) is 0 Å². The van der Waals surface area contributed by atoms with Crippen LogP contribution in [-0.2, 0) is 0 Å². The molecule has 2 aliphatic heterocycles. The average molecular weight is 609 g/mol. The van der Waals surface area contributed by atoms with Crippen molar-refractivity contribution in [2.75, 3.05) is 51.0 Å². The number of carbonyl (C=O) groups is 1. The number of amides is 1. The highest BCUT2D eigenvalue weighted by Crippen LogP contribution is 2.36. The third-order valence-electron chi connectivity index (χ3n) is 7.58. The van der Waals surface area contributed by atoms with E-state index in [1.807, 2.05) is 72.2 Å². The van der Waals surface area contributed by atoms with Crippen LogP contribution in [-0.4, -0.2) is 77.6 Å². The Morgan fingerprint density at radius 1 is 1.00 bits per heavy atom. The van der Waals surface area contributed by atoms with E-state index in [-0.39, 0.29) is 19.2 Å². The second kappa shape index (κ2) is 12.2. The number of imidazole rings is 1. The lowest BCUT2D eigenvalue weighted by atomic mass is 10.2. The number of ether oxygens (including phenoxy) is 2. The Labute approximate surface area is 254 Å². The molecule has 0 bridgehead atoms. The number of fused-ring (bicyclic) bond motifs is 1. The van der Waals surface area contributed by atoms with Crippen LogP contribution in [0.1, 0.15) is 16.2 Å². The highest BCUT2D eigenvalue weighted by molar-refractivity contribution is 6.43. The van der Waals surface area contributed by atoms with E-state index in [2.05, 4.69) is 15.1 Å². The largest absolute Gasteiger partial charge is 0.454 e. The molecule has 1 atom stereocenters. The number of nitrogens with one attached hydrogen (secondary N) is 1. The molecule has 0 spiro atoms. The van der Waals surface area contributed by atoms with Crippen LogP contribution < -0.4 is 19.7 Å². The molecule has 0 saturated carbocycles. The summed E-state index contributed by atoms with van der Waals surface area (Å²) in [4.78, 5) is 22.5. The molecule has 0 radical (unpaired) electrons. The first-order valence-corrected chi connectivity index (χ1v) is 14.6. The molecular formula is C31H31Cl2N5O4. The number of nitrogens with zero attached hydrogens (tertiary/aromatic N) is 4. The number of rotatable bonds is 8. The van der Waals surface area contributed by atoms with E-state index < -0.39 is 6.10 Å². The van der Waals surface area contributed by atoms with Gasteiger partial charge in [0.25, 0.3) is 5.91 Å². The van der Waals surface area contributed by atoms with E-state index in [9.17, 15) is 9.90 Å². The van der Waals surface area contributed by atoms with Crippen molar-refractivity contribution in [3.8, 4) is 28.6 Å². The second-order valence-corrected chi connectivity index (χ2v) is 11.1. The third-order valence-corrected chi connectivity index (χ3v) is 8.39. The highest BCUT2D eigenvalue weighted by atomic mass is 35.5. The van der Waals surface area contributed by atoms with Crippen molar-refractivity contribution < 1.29 is 19.4 Å². The number of piperazine rings is 1. The molecule has 3 aromatic carbocycles. The number of aromatic nitrogens is 2. The molecule has 1 saturated heterocycles. The summed E-state index contributed by atoms with van der Waals surface area (Å²) in [6, 6.07) is 21.0. The number of β-amino-alcohol motifs (C(OH)–C–C–N with tert-alkyl or cyclic N) is 1. The Kier molecular flexibility index (Phi) is 8.26. The zero-order valence-corrected chi connectivity index (χ0v) is 24.6. The zero-order chi connectivity index (χ0) is 29.2. The monoisotopic (exact) mass is 607 g/mol. The lowest BCUT2D eigenvalue weighted by Gasteiger charge is -2.37. The van der Waals surface area contributed by atoms with Gasteiger partial charge in [-0.1, -0.05) is 59.6 Å². The Morgan fingerprint density at radius 3 is 2.55 bits per heavy atom. The van der Waals surface area contributed by atoms with Gasteiger partial charge in [0, 0.05) is 50.9 Å². The number of hydrogen-bond donors (Lipinski definition) is 2. The van der Waals surface area contributed by atoms with Crippen molar-refractivity contribution in [2.24, 2.45) is 0 Å². The van der Waals surface area contributed by atoms with Gasteiger partial charge in [0.2, 0.25) is 6.79 Å². The molecule has 4 aromatic rings. The van der Waals surface area contributed by atoms with E-state index in [4.69, 9.17) is 37.7 Å². The SMILES string of the molecule is Cc1c(C(=O)NCC(O)CN2CCN(c3cccc(Cl)c3Cl)CC2)nc(-c2ccccc2)n1-c1ccc2c(c1)OCO2. The van der Waals surface area contributed by atoms with Crippen molar-refractivity contribution in [2.45, 2.75) is 13.0 Å². The Balaban J connectivity index is 1.12. The van der Waals surface area contributed by atoms with E-state index >= 15 is 0 Å². The molecule has 2 N–H and O–H groups in total. The smallest absolute Gasteiger partial charge is 0.271 e. The lowest BCUT2D eigenvalue weighted by Crippen LogP contribution is -2.50. The van der Waals surface area contributed by atoms with E-state index in [0.29, 0.717) is 45.3 Å². The Bertz CT molecular complexity index is 1590. The third kappa shape index (κ3) is 5.78. The summed E-state index contributed by atoms with van der Waals surface area (Å²) in [5.41, 5.74) is 3.57. The van der Waals surface area contributed by atoms with Gasteiger partial charge in [-0.3, -0.25) is 14.3 Å². The van der Waals surface area contributed by atoms with Crippen LogP contribution in [0.2, 0.25) is 10.0 Å². The molecule has 1 unspecified atom stereocenters. The predicted molar refractivity (Wildman–Crippen MR) is 163 cm³/mol. The number of anilines is 1. The van der Waals surface area contributed by atoms with Crippen molar-refractivity contribution in [3.63, 3.8) is 0 Å². The van der Waals surface area contributed by atoms with E-state index in [1.54, 1.807) is 6.07 Å². The first-order valence-electron chi connectivity index (χ1n) is 13.8. The molecule has 42 heavy (non-hydrogen) atoms. The van der Waals surface area contributed by atoms with Gasteiger partial charge in [-0.2, -0.15) is 0 Å². The number of benzene rings is 3. The minimum absolute atomic E-state index is 0.107. The van der Waals surface area contributed by atoms with E-state index in [0.717, 1.165) is 43.1 Å². The standard InChI is InChI=1S/C31H31Cl2N5O4/c1-20-29(35-30(21-6-3-2-4-7-21)38(20)22-10-11-26-27(16-22)42-19-41-26)31(40)34-17-23(39)18-36-12-14-37(15-13-36)25-9-5-8-24(32)28(25)33/h2-11,16,23,39H,12-15,17-19H2,1H3,(H,34,40). The molecule has 0 aliphatic carbocycles.